The molecule has 0 aliphatic carbocycles. The second-order valence-corrected chi connectivity index (χ2v) is 7.49. The fourth-order valence-electron chi connectivity index (χ4n) is 3.21. The van der Waals surface area contributed by atoms with Crippen LogP contribution in [0, 0.1) is 5.92 Å². The first-order valence-electron chi connectivity index (χ1n) is 10.4. The summed E-state index contributed by atoms with van der Waals surface area (Å²) in [7, 11) is 1.77. The fourth-order valence-corrected chi connectivity index (χ4v) is 3.21. The van der Waals surface area contributed by atoms with Crippen molar-refractivity contribution in [1.29, 1.82) is 0 Å². The molecule has 0 radical (unpaired) electrons. The number of hydrogen-bond donors (Lipinski definition) is 3. The van der Waals surface area contributed by atoms with Crippen molar-refractivity contribution >= 4 is 11.8 Å². The third kappa shape index (κ3) is 7.22. The zero-order chi connectivity index (χ0) is 22.7. The van der Waals surface area contributed by atoms with Crippen LogP contribution in [0.4, 0.5) is 0 Å². The Labute approximate surface area is 181 Å². The second-order valence-electron chi connectivity index (χ2n) is 7.49. The maximum Gasteiger partial charge on any atom is 0.256 e. The highest BCUT2D eigenvalue weighted by atomic mass is 16.2. The Bertz CT molecular complexity index is 739. The zero-order valence-electron chi connectivity index (χ0n) is 19.0. The molecule has 1 heterocycles. The van der Waals surface area contributed by atoms with Gasteiger partial charge >= 0.3 is 0 Å². The number of nitrogens with two attached hydrogens (primary N) is 1. The average Bonchev–Trinajstić information content (AvgIpc) is 2.72. The van der Waals surface area contributed by atoms with Crippen LogP contribution < -0.4 is 16.4 Å². The van der Waals surface area contributed by atoms with Crippen LogP contribution >= 0.6 is 0 Å². The van der Waals surface area contributed by atoms with Gasteiger partial charge in [-0.3, -0.25) is 9.59 Å². The van der Waals surface area contributed by atoms with Crippen LogP contribution in [0.3, 0.4) is 0 Å². The lowest BCUT2D eigenvalue weighted by Gasteiger charge is -2.37. The van der Waals surface area contributed by atoms with Gasteiger partial charge in [-0.15, -0.1) is 0 Å². The van der Waals surface area contributed by atoms with Crippen molar-refractivity contribution in [2.24, 2.45) is 11.7 Å². The van der Waals surface area contributed by atoms with E-state index < -0.39 is 0 Å². The third-order valence-corrected chi connectivity index (χ3v) is 4.98. The van der Waals surface area contributed by atoms with E-state index in [-0.39, 0.29) is 11.8 Å². The van der Waals surface area contributed by atoms with Gasteiger partial charge in [0.2, 0.25) is 5.91 Å². The molecule has 0 aromatic carbocycles. The summed E-state index contributed by atoms with van der Waals surface area (Å²) >= 11 is 0. The quantitative estimate of drug-likeness (QED) is 0.395. The van der Waals surface area contributed by atoms with Gasteiger partial charge in [0.25, 0.3) is 5.91 Å². The molecule has 1 rings (SSSR count). The van der Waals surface area contributed by atoms with E-state index in [0.29, 0.717) is 44.2 Å². The molecule has 0 saturated carbocycles. The molecule has 1 saturated heterocycles. The second kappa shape index (κ2) is 12.7. The molecule has 7 heteroatoms. The Morgan fingerprint density at radius 2 is 1.77 bits per heavy atom. The molecule has 0 aromatic heterocycles. The number of rotatable bonds is 9. The minimum Gasteiger partial charge on any atom is -0.404 e. The summed E-state index contributed by atoms with van der Waals surface area (Å²) in [5, 5.41) is 5.87. The lowest BCUT2D eigenvalue weighted by Crippen LogP contribution is -2.50. The molecule has 166 valence electrons. The lowest BCUT2D eigenvalue weighted by atomic mass is 10.0. The fraction of sp³-hybridized carbons (Fsp3) is 0.478. The summed E-state index contributed by atoms with van der Waals surface area (Å²) < 4.78 is 0. The molecule has 1 aliphatic heterocycles. The van der Waals surface area contributed by atoms with Gasteiger partial charge in [0, 0.05) is 38.1 Å². The number of allylic oxidation sites excluding steroid dienone is 5. The van der Waals surface area contributed by atoms with E-state index in [2.05, 4.69) is 42.0 Å². The van der Waals surface area contributed by atoms with Gasteiger partial charge in [0.05, 0.1) is 17.8 Å². The van der Waals surface area contributed by atoms with E-state index in [1.165, 1.54) is 6.20 Å². The topological polar surface area (TPSA) is 90.7 Å². The molecule has 0 aromatic rings. The smallest absolute Gasteiger partial charge is 0.256 e. The van der Waals surface area contributed by atoms with Crippen LogP contribution in [0.5, 0.6) is 0 Å². The van der Waals surface area contributed by atoms with E-state index in [4.69, 9.17) is 5.73 Å². The molecular weight excluding hydrogens is 378 g/mol. The molecule has 0 unspecified atom stereocenters. The average molecular weight is 416 g/mol. The standard InChI is InChI=1S/C23H37N5O2/c1-7-9-20(15-24)23(30)26-18(5)21(14-19(8-2)17(3)4)27-10-12-28(13-11-27)22(29)16-25-6/h7-9,14-15,17,25H,2,10-13,16,24H2,1,3-6H3,(H,26,30)/b9-7-,19-14+,20-15+,21-18-. The number of carbonyl (C=O) groups excluding carboxylic acids is 2. The van der Waals surface area contributed by atoms with E-state index in [0.717, 1.165) is 17.0 Å². The van der Waals surface area contributed by atoms with Crippen LogP contribution in [0.25, 0.3) is 0 Å². The van der Waals surface area contributed by atoms with E-state index >= 15 is 0 Å². The van der Waals surface area contributed by atoms with Crippen molar-refractivity contribution in [3.63, 3.8) is 0 Å². The summed E-state index contributed by atoms with van der Waals surface area (Å²) in [4.78, 5) is 28.8. The normalized spacial score (nSPS) is 16.7. The number of carbonyl (C=O) groups is 2. The minimum atomic E-state index is -0.258. The van der Waals surface area contributed by atoms with Crippen molar-refractivity contribution in [3.8, 4) is 0 Å². The molecule has 1 fully saturated rings. The molecule has 2 amide bonds. The van der Waals surface area contributed by atoms with Gasteiger partial charge in [-0.25, -0.2) is 0 Å². The largest absolute Gasteiger partial charge is 0.404 e. The highest BCUT2D eigenvalue weighted by molar-refractivity contribution is 5.97. The number of hydrogen-bond acceptors (Lipinski definition) is 5. The minimum absolute atomic E-state index is 0.0984. The van der Waals surface area contributed by atoms with Crippen molar-refractivity contribution in [2.45, 2.75) is 27.7 Å². The van der Waals surface area contributed by atoms with E-state index in [9.17, 15) is 9.59 Å². The van der Waals surface area contributed by atoms with Crippen LogP contribution in [0.2, 0.25) is 0 Å². The Balaban J connectivity index is 3.17. The molecule has 1 aliphatic rings. The van der Waals surface area contributed by atoms with Gasteiger partial charge in [-0.05, 0) is 38.5 Å². The van der Waals surface area contributed by atoms with Gasteiger partial charge in [0.1, 0.15) is 0 Å². The van der Waals surface area contributed by atoms with Crippen molar-refractivity contribution in [1.82, 2.24) is 20.4 Å². The maximum atomic E-state index is 12.6. The van der Waals surface area contributed by atoms with E-state index in [1.54, 1.807) is 19.2 Å². The zero-order valence-corrected chi connectivity index (χ0v) is 19.0. The lowest BCUT2D eigenvalue weighted by molar-refractivity contribution is -0.131. The van der Waals surface area contributed by atoms with Crippen molar-refractivity contribution < 1.29 is 9.59 Å². The molecular formula is C23H37N5O2. The van der Waals surface area contributed by atoms with Gasteiger partial charge in [-0.2, -0.15) is 0 Å². The first kappa shape index (κ1) is 25.2. The predicted octanol–water partition coefficient (Wildman–Crippen LogP) is 1.88. The number of amides is 2. The van der Waals surface area contributed by atoms with Crippen LogP contribution in [-0.4, -0.2) is 61.4 Å². The monoisotopic (exact) mass is 415 g/mol. The van der Waals surface area contributed by atoms with Gasteiger partial charge in [0.15, 0.2) is 0 Å². The molecule has 0 spiro atoms. The Hall–Kier alpha value is -2.80. The molecule has 0 bridgehead atoms. The molecule has 0 atom stereocenters. The summed E-state index contributed by atoms with van der Waals surface area (Å²) in [5.74, 6) is 0.134. The highest BCUT2D eigenvalue weighted by Crippen LogP contribution is 2.20. The number of nitrogens with one attached hydrogen (secondary N) is 2. The van der Waals surface area contributed by atoms with E-state index in [1.807, 2.05) is 24.8 Å². The highest BCUT2D eigenvalue weighted by Gasteiger charge is 2.23. The molecule has 7 nitrogen and oxygen atoms in total. The summed E-state index contributed by atoms with van der Waals surface area (Å²) in [6.07, 6.45) is 8.66. The van der Waals surface area contributed by atoms with Crippen LogP contribution in [-0.2, 0) is 9.59 Å². The summed E-state index contributed by atoms with van der Waals surface area (Å²) in [6, 6.07) is 0. The van der Waals surface area contributed by atoms with Crippen molar-refractivity contribution in [2.75, 3.05) is 39.8 Å². The summed E-state index contributed by atoms with van der Waals surface area (Å²) in [5.41, 5.74) is 8.73. The summed E-state index contributed by atoms with van der Waals surface area (Å²) in [6.45, 7) is 14.8. The van der Waals surface area contributed by atoms with Crippen molar-refractivity contribution in [3.05, 3.63) is 59.6 Å². The van der Waals surface area contributed by atoms with Crippen LogP contribution in [0.1, 0.15) is 27.7 Å². The predicted molar refractivity (Wildman–Crippen MR) is 123 cm³/mol. The Morgan fingerprint density at radius 3 is 2.23 bits per heavy atom. The van der Waals surface area contributed by atoms with Crippen LogP contribution in [0.15, 0.2) is 59.6 Å². The molecule has 4 N–H and O–H groups in total. The first-order valence-corrected chi connectivity index (χ1v) is 10.4. The van der Waals surface area contributed by atoms with Gasteiger partial charge in [-0.1, -0.05) is 38.7 Å². The number of piperazine rings is 1. The maximum absolute atomic E-state index is 12.6. The SMILES string of the molecule is C=C/C(=C\C(=C(/C)NC(=O)C(/C=C\C)=C/N)N1CCN(C(=O)CNC)CC1)C(C)C. The Morgan fingerprint density at radius 1 is 1.17 bits per heavy atom. The molecule has 30 heavy (non-hydrogen) atoms. The number of nitrogens with zero attached hydrogens (tertiary/aromatic N) is 2. The Kier molecular flexibility index (Phi) is 10.7. The number of likely N-dealkylation sites (N-methyl/N-ethyl adjacent to an activating group) is 1. The first-order chi connectivity index (χ1) is 14.3. The van der Waals surface area contributed by atoms with Gasteiger partial charge < -0.3 is 26.2 Å². The third-order valence-electron chi connectivity index (χ3n) is 4.98.